The topological polar surface area (TPSA) is 67.9 Å². The predicted molar refractivity (Wildman–Crippen MR) is 84.1 cm³/mol. The van der Waals surface area contributed by atoms with Crippen molar-refractivity contribution in [3.63, 3.8) is 0 Å². The monoisotopic (exact) mass is 390 g/mol. The van der Waals surface area contributed by atoms with E-state index < -0.39 is 23.7 Å². The summed E-state index contributed by atoms with van der Waals surface area (Å²) in [5.74, 6) is -1.05. The first-order valence-corrected chi connectivity index (χ1v) is 8.40. The Morgan fingerprint density at radius 3 is 2.63 bits per heavy atom. The molecule has 2 heterocycles. The number of halogens is 4. The number of likely N-dealkylation sites (tertiary alicyclic amines) is 1. The molecule has 10 heteroatoms. The molecule has 0 spiro atoms. The number of hydrogen-bond acceptors (Lipinski definition) is 4. The van der Waals surface area contributed by atoms with E-state index in [0.29, 0.717) is 18.9 Å². The number of nitrogens with one attached hydrogen (secondary N) is 1. The van der Waals surface area contributed by atoms with E-state index in [2.05, 4.69) is 5.32 Å². The zero-order valence-corrected chi connectivity index (χ0v) is 14.2. The van der Waals surface area contributed by atoms with Gasteiger partial charge in [0.15, 0.2) is 0 Å². The molecule has 1 aromatic rings. The summed E-state index contributed by atoms with van der Waals surface area (Å²) in [6.45, 7) is 0.408. The first-order valence-electron chi connectivity index (χ1n) is 8.40. The molecule has 0 aromatic heterocycles. The van der Waals surface area contributed by atoms with Gasteiger partial charge in [-0.1, -0.05) is 6.07 Å². The lowest BCUT2D eigenvalue weighted by atomic mass is 10.1. The molecule has 2 fully saturated rings. The Kier molecular flexibility index (Phi) is 5.54. The number of benzene rings is 1. The molecule has 148 valence electrons. The highest BCUT2D eigenvalue weighted by molar-refractivity contribution is 5.78. The number of ether oxygens (including phenoxy) is 2. The number of carbonyl (C=O) groups excluding carboxylic acids is 2. The van der Waals surface area contributed by atoms with Gasteiger partial charge in [0.25, 0.3) is 0 Å². The summed E-state index contributed by atoms with van der Waals surface area (Å²) in [6.07, 6.45) is -4.43. The molecule has 3 rings (SSSR count). The fourth-order valence-corrected chi connectivity index (χ4v) is 2.81. The normalized spacial score (nSPS) is 20.4. The zero-order chi connectivity index (χ0) is 19.6. The average molecular weight is 390 g/mol. The molecule has 2 aliphatic heterocycles. The zero-order valence-electron chi connectivity index (χ0n) is 14.2. The second-order valence-electron chi connectivity index (χ2n) is 6.52. The molecule has 0 aliphatic carbocycles. The van der Waals surface area contributed by atoms with Crippen molar-refractivity contribution < 1.29 is 36.6 Å². The van der Waals surface area contributed by atoms with Crippen LogP contribution in [-0.4, -0.2) is 48.7 Å². The standard InChI is InChI=1S/C17H18F4N2O4/c18-14-5-11(17(19,20)21)2-1-10(14)8-26-13-6-23(7-13)16(25)27-9-12-3-4-15(24)22-12/h1-2,5,12-13H,3-4,6-9H2,(H,22,24). The lowest BCUT2D eigenvalue weighted by Gasteiger charge is -2.38. The average Bonchev–Trinajstić information content (AvgIpc) is 2.97. The van der Waals surface area contributed by atoms with Gasteiger partial charge in [-0.2, -0.15) is 13.2 Å². The Morgan fingerprint density at radius 2 is 2.04 bits per heavy atom. The minimum atomic E-state index is -4.60. The lowest BCUT2D eigenvalue weighted by molar-refractivity contribution is -0.137. The van der Waals surface area contributed by atoms with Crippen LogP contribution in [0.2, 0.25) is 0 Å². The molecule has 2 saturated heterocycles. The molecule has 0 radical (unpaired) electrons. The van der Waals surface area contributed by atoms with Crippen LogP contribution >= 0.6 is 0 Å². The highest BCUT2D eigenvalue weighted by Gasteiger charge is 2.34. The number of carbonyl (C=O) groups is 2. The molecule has 1 N–H and O–H groups in total. The Bertz CT molecular complexity index is 719. The predicted octanol–water partition coefficient (Wildman–Crippen LogP) is 2.46. The molecule has 2 aliphatic rings. The van der Waals surface area contributed by atoms with Crippen LogP contribution in [0.25, 0.3) is 0 Å². The maximum Gasteiger partial charge on any atom is 0.416 e. The van der Waals surface area contributed by atoms with Gasteiger partial charge in [0, 0.05) is 12.0 Å². The van der Waals surface area contributed by atoms with Gasteiger partial charge < -0.3 is 19.7 Å². The van der Waals surface area contributed by atoms with Crippen molar-refractivity contribution >= 4 is 12.0 Å². The summed E-state index contributed by atoms with van der Waals surface area (Å²) in [7, 11) is 0. The molecule has 2 amide bonds. The lowest BCUT2D eigenvalue weighted by Crippen LogP contribution is -2.55. The third-order valence-electron chi connectivity index (χ3n) is 4.45. The van der Waals surface area contributed by atoms with Crippen molar-refractivity contribution in [1.29, 1.82) is 0 Å². The molecule has 1 aromatic carbocycles. The van der Waals surface area contributed by atoms with Gasteiger partial charge in [-0.3, -0.25) is 4.79 Å². The van der Waals surface area contributed by atoms with E-state index in [1.54, 1.807) is 0 Å². The number of amides is 2. The number of alkyl halides is 3. The van der Waals surface area contributed by atoms with Crippen LogP contribution in [0.15, 0.2) is 18.2 Å². The Balaban J connectivity index is 1.38. The van der Waals surface area contributed by atoms with Crippen LogP contribution in [0.3, 0.4) is 0 Å². The Morgan fingerprint density at radius 1 is 1.30 bits per heavy atom. The molecule has 6 nitrogen and oxygen atoms in total. The second-order valence-corrected chi connectivity index (χ2v) is 6.52. The summed E-state index contributed by atoms with van der Waals surface area (Å²) in [6, 6.07) is 2.11. The highest BCUT2D eigenvalue weighted by Crippen LogP contribution is 2.30. The molecular weight excluding hydrogens is 372 g/mol. The van der Waals surface area contributed by atoms with E-state index in [1.807, 2.05) is 0 Å². The van der Waals surface area contributed by atoms with Crippen LogP contribution < -0.4 is 5.32 Å². The van der Waals surface area contributed by atoms with Crippen molar-refractivity contribution in [3.05, 3.63) is 35.1 Å². The van der Waals surface area contributed by atoms with E-state index in [9.17, 15) is 27.2 Å². The third kappa shape index (κ3) is 4.88. The van der Waals surface area contributed by atoms with Gasteiger partial charge >= 0.3 is 12.3 Å². The van der Waals surface area contributed by atoms with E-state index in [-0.39, 0.29) is 49.9 Å². The van der Waals surface area contributed by atoms with Crippen LogP contribution in [0, 0.1) is 5.82 Å². The van der Waals surface area contributed by atoms with Gasteiger partial charge in [-0.15, -0.1) is 0 Å². The summed E-state index contributed by atoms with van der Waals surface area (Å²) in [5, 5.41) is 2.68. The van der Waals surface area contributed by atoms with Gasteiger partial charge in [-0.05, 0) is 18.6 Å². The Labute approximate surface area is 152 Å². The fourth-order valence-electron chi connectivity index (χ4n) is 2.81. The van der Waals surface area contributed by atoms with Crippen LogP contribution in [0.4, 0.5) is 22.4 Å². The van der Waals surface area contributed by atoms with E-state index in [0.717, 1.165) is 12.1 Å². The summed E-state index contributed by atoms with van der Waals surface area (Å²) in [5.41, 5.74) is -1.04. The van der Waals surface area contributed by atoms with E-state index in [1.165, 1.54) is 4.90 Å². The SMILES string of the molecule is O=C1CCC(COC(=O)N2CC(OCc3ccc(C(F)(F)F)cc3F)C2)N1. The quantitative estimate of drug-likeness (QED) is 0.785. The number of nitrogens with zero attached hydrogens (tertiary/aromatic N) is 1. The van der Waals surface area contributed by atoms with Crippen molar-refractivity contribution in [2.45, 2.75) is 37.8 Å². The van der Waals surface area contributed by atoms with E-state index in [4.69, 9.17) is 9.47 Å². The molecule has 1 unspecified atom stereocenters. The van der Waals surface area contributed by atoms with Crippen molar-refractivity contribution in [2.24, 2.45) is 0 Å². The largest absolute Gasteiger partial charge is 0.447 e. The van der Waals surface area contributed by atoms with Crippen LogP contribution in [0.5, 0.6) is 0 Å². The van der Waals surface area contributed by atoms with Crippen LogP contribution in [-0.2, 0) is 27.1 Å². The summed E-state index contributed by atoms with van der Waals surface area (Å²) < 4.78 is 61.8. The summed E-state index contributed by atoms with van der Waals surface area (Å²) >= 11 is 0. The molecule has 27 heavy (non-hydrogen) atoms. The molecule has 1 atom stereocenters. The number of hydrogen-bond donors (Lipinski definition) is 1. The van der Waals surface area contributed by atoms with Crippen molar-refractivity contribution in [3.8, 4) is 0 Å². The van der Waals surface area contributed by atoms with Gasteiger partial charge in [0.1, 0.15) is 12.4 Å². The van der Waals surface area contributed by atoms with E-state index >= 15 is 0 Å². The first kappa shape index (κ1) is 19.4. The van der Waals surface area contributed by atoms with Gasteiger partial charge in [0.05, 0.1) is 37.4 Å². The molecular formula is C17H18F4N2O4. The summed E-state index contributed by atoms with van der Waals surface area (Å²) in [4.78, 5) is 24.3. The minimum absolute atomic E-state index is 0.0148. The molecule has 0 saturated carbocycles. The first-order chi connectivity index (χ1) is 12.7. The number of rotatable bonds is 5. The Hall–Kier alpha value is -2.36. The van der Waals surface area contributed by atoms with Gasteiger partial charge in [-0.25, -0.2) is 9.18 Å². The van der Waals surface area contributed by atoms with Crippen molar-refractivity contribution in [2.75, 3.05) is 19.7 Å². The minimum Gasteiger partial charge on any atom is -0.447 e. The molecule has 0 bridgehead atoms. The van der Waals surface area contributed by atoms with Crippen LogP contribution in [0.1, 0.15) is 24.0 Å². The smallest absolute Gasteiger partial charge is 0.416 e. The second kappa shape index (κ2) is 7.71. The van der Waals surface area contributed by atoms with Gasteiger partial charge in [0.2, 0.25) is 5.91 Å². The maximum atomic E-state index is 13.7. The highest BCUT2D eigenvalue weighted by atomic mass is 19.4. The third-order valence-corrected chi connectivity index (χ3v) is 4.45. The fraction of sp³-hybridized carbons (Fsp3) is 0.529. The van der Waals surface area contributed by atoms with Crippen molar-refractivity contribution in [1.82, 2.24) is 10.2 Å². The maximum absolute atomic E-state index is 13.7.